The molecule has 2 rings (SSSR count). The van der Waals surface area contributed by atoms with Crippen LogP contribution in [0.4, 0.5) is 0 Å². The molecule has 0 radical (unpaired) electrons. The molecule has 1 saturated heterocycles. The monoisotopic (exact) mass is 308 g/mol. The van der Waals surface area contributed by atoms with Gasteiger partial charge in [0.2, 0.25) is 10.0 Å². The minimum atomic E-state index is -3.50. The summed E-state index contributed by atoms with van der Waals surface area (Å²) < 4.78 is 31.7. The lowest BCUT2D eigenvalue weighted by molar-refractivity contribution is 0.0299. The van der Waals surface area contributed by atoms with Gasteiger partial charge in [0.15, 0.2) is 0 Å². The van der Waals surface area contributed by atoms with Crippen LogP contribution in [-0.2, 0) is 21.3 Å². The van der Waals surface area contributed by atoms with Gasteiger partial charge < -0.3 is 4.74 Å². The molecule has 6 heteroatoms. The molecular formula is C15H20N2O3S. The molecule has 0 aliphatic carbocycles. The highest BCUT2D eigenvalue weighted by Gasteiger charge is 2.27. The number of rotatable bonds is 6. The van der Waals surface area contributed by atoms with Gasteiger partial charge in [0.05, 0.1) is 17.9 Å². The van der Waals surface area contributed by atoms with Crippen LogP contribution in [0.2, 0.25) is 0 Å². The first kappa shape index (κ1) is 16.0. The highest BCUT2D eigenvalue weighted by atomic mass is 32.2. The fourth-order valence-corrected chi connectivity index (χ4v) is 3.94. The number of benzene rings is 1. The van der Waals surface area contributed by atoms with Gasteiger partial charge >= 0.3 is 0 Å². The van der Waals surface area contributed by atoms with E-state index in [2.05, 4.69) is 0 Å². The molecule has 0 saturated carbocycles. The minimum absolute atomic E-state index is 0.0402. The van der Waals surface area contributed by atoms with E-state index < -0.39 is 10.0 Å². The van der Waals surface area contributed by atoms with Crippen LogP contribution in [0.1, 0.15) is 24.8 Å². The fourth-order valence-electron chi connectivity index (χ4n) is 2.40. The van der Waals surface area contributed by atoms with Crippen LogP contribution < -0.4 is 0 Å². The number of hydrogen-bond acceptors (Lipinski definition) is 4. The van der Waals surface area contributed by atoms with Crippen molar-refractivity contribution in [1.29, 1.82) is 5.26 Å². The third-order valence-corrected chi connectivity index (χ3v) is 5.35. The maximum Gasteiger partial charge on any atom is 0.217 e. The molecule has 1 unspecified atom stereocenters. The smallest absolute Gasteiger partial charge is 0.217 e. The number of nitriles is 1. The van der Waals surface area contributed by atoms with Crippen LogP contribution in [0.25, 0.3) is 0 Å². The highest BCUT2D eigenvalue weighted by molar-refractivity contribution is 7.89. The quantitative estimate of drug-likeness (QED) is 0.753. The van der Waals surface area contributed by atoms with E-state index in [4.69, 9.17) is 10.00 Å². The summed E-state index contributed by atoms with van der Waals surface area (Å²) in [5.74, 6) is -0.0402. The zero-order valence-corrected chi connectivity index (χ0v) is 12.8. The molecule has 21 heavy (non-hydrogen) atoms. The SMILES string of the molecule is N#CCN(Cc1ccccc1)S(=O)(=O)CC1CCCCO1. The summed E-state index contributed by atoms with van der Waals surface area (Å²) in [5.41, 5.74) is 0.876. The second-order valence-corrected chi connectivity index (χ2v) is 7.19. The van der Waals surface area contributed by atoms with E-state index in [-0.39, 0.29) is 24.9 Å². The topological polar surface area (TPSA) is 70.4 Å². The van der Waals surface area contributed by atoms with E-state index in [0.29, 0.717) is 6.61 Å². The van der Waals surface area contributed by atoms with Crippen molar-refractivity contribution in [3.05, 3.63) is 35.9 Å². The summed E-state index contributed by atoms with van der Waals surface area (Å²) in [4.78, 5) is 0. The fraction of sp³-hybridized carbons (Fsp3) is 0.533. The van der Waals surface area contributed by atoms with Gasteiger partial charge in [-0.1, -0.05) is 30.3 Å². The van der Waals surface area contributed by atoms with Crippen molar-refractivity contribution in [3.8, 4) is 6.07 Å². The summed E-state index contributed by atoms with van der Waals surface area (Å²) in [7, 11) is -3.50. The van der Waals surface area contributed by atoms with E-state index >= 15 is 0 Å². The zero-order chi connectivity index (χ0) is 15.1. The molecular weight excluding hydrogens is 288 g/mol. The van der Waals surface area contributed by atoms with Crippen molar-refractivity contribution < 1.29 is 13.2 Å². The normalized spacial score (nSPS) is 19.3. The van der Waals surface area contributed by atoms with E-state index in [0.717, 1.165) is 24.8 Å². The Kier molecular flexibility index (Phi) is 5.74. The number of nitrogens with zero attached hydrogens (tertiary/aromatic N) is 2. The molecule has 0 aromatic heterocycles. The van der Waals surface area contributed by atoms with Gasteiger partial charge in [0, 0.05) is 13.2 Å². The highest BCUT2D eigenvalue weighted by Crippen LogP contribution is 2.17. The first-order valence-electron chi connectivity index (χ1n) is 7.12. The summed E-state index contributed by atoms with van der Waals surface area (Å²) in [6, 6.07) is 11.2. The predicted octanol–water partition coefficient (Wildman–Crippen LogP) is 1.91. The minimum Gasteiger partial charge on any atom is -0.377 e. The molecule has 1 heterocycles. The molecule has 1 aliphatic rings. The summed E-state index contributed by atoms with van der Waals surface area (Å²) in [6.45, 7) is 0.713. The first-order valence-corrected chi connectivity index (χ1v) is 8.73. The van der Waals surface area contributed by atoms with Gasteiger partial charge in [-0.2, -0.15) is 9.57 Å². The van der Waals surface area contributed by atoms with Gasteiger partial charge in [-0.05, 0) is 24.8 Å². The molecule has 0 spiro atoms. The number of ether oxygens (including phenoxy) is 1. The van der Waals surface area contributed by atoms with E-state index in [1.807, 2.05) is 36.4 Å². The first-order chi connectivity index (χ1) is 10.1. The van der Waals surface area contributed by atoms with Crippen LogP contribution in [-0.4, -0.2) is 37.7 Å². The third kappa shape index (κ3) is 4.81. The van der Waals surface area contributed by atoms with E-state index in [9.17, 15) is 8.42 Å². The summed E-state index contributed by atoms with van der Waals surface area (Å²) >= 11 is 0. The Morgan fingerprint density at radius 3 is 2.67 bits per heavy atom. The predicted molar refractivity (Wildman–Crippen MR) is 79.8 cm³/mol. The summed E-state index contributed by atoms with van der Waals surface area (Å²) in [6.07, 6.45) is 2.51. The molecule has 0 N–H and O–H groups in total. The van der Waals surface area contributed by atoms with Crippen molar-refractivity contribution in [2.24, 2.45) is 0 Å². The molecule has 1 aromatic carbocycles. The summed E-state index contributed by atoms with van der Waals surface area (Å²) in [5, 5.41) is 8.90. The average Bonchev–Trinajstić information content (AvgIpc) is 2.48. The average molecular weight is 308 g/mol. The number of sulfonamides is 1. The Hall–Kier alpha value is -1.42. The van der Waals surface area contributed by atoms with Crippen molar-refractivity contribution in [3.63, 3.8) is 0 Å². The lowest BCUT2D eigenvalue weighted by Crippen LogP contribution is -2.38. The van der Waals surface area contributed by atoms with Gasteiger partial charge in [0.25, 0.3) is 0 Å². The largest absolute Gasteiger partial charge is 0.377 e. The molecule has 5 nitrogen and oxygen atoms in total. The molecule has 114 valence electrons. The van der Waals surface area contributed by atoms with Gasteiger partial charge in [-0.25, -0.2) is 8.42 Å². The van der Waals surface area contributed by atoms with Crippen LogP contribution in [0, 0.1) is 11.3 Å². The second kappa shape index (κ2) is 7.55. The van der Waals surface area contributed by atoms with Crippen molar-refractivity contribution in [2.75, 3.05) is 18.9 Å². The van der Waals surface area contributed by atoms with Gasteiger partial charge in [0.1, 0.15) is 6.54 Å². The van der Waals surface area contributed by atoms with Crippen molar-refractivity contribution in [1.82, 2.24) is 4.31 Å². The van der Waals surface area contributed by atoms with E-state index in [1.165, 1.54) is 4.31 Å². The Morgan fingerprint density at radius 2 is 2.05 bits per heavy atom. The second-order valence-electron chi connectivity index (χ2n) is 5.18. The van der Waals surface area contributed by atoms with E-state index in [1.54, 1.807) is 0 Å². The Balaban J connectivity index is 2.06. The molecule has 1 atom stereocenters. The Bertz CT molecular complexity index is 575. The number of hydrogen-bond donors (Lipinski definition) is 0. The van der Waals surface area contributed by atoms with Crippen molar-refractivity contribution >= 4 is 10.0 Å². The van der Waals surface area contributed by atoms with Crippen LogP contribution in [0.5, 0.6) is 0 Å². The lowest BCUT2D eigenvalue weighted by atomic mass is 10.1. The maximum atomic E-state index is 12.5. The molecule has 1 aromatic rings. The van der Waals surface area contributed by atoms with Crippen LogP contribution >= 0.6 is 0 Å². The third-order valence-electron chi connectivity index (χ3n) is 3.51. The van der Waals surface area contributed by atoms with Crippen molar-refractivity contribution in [2.45, 2.75) is 31.9 Å². The molecule has 0 amide bonds. The Labute approximate surface area is 126 Å². The van der Waals surface area contributed by atoms with Crippen LogP contribution in [0.15, 0.2) is 30.3 Å². The molecule has 1 aliphatic heterocycles. The zero-order valence-electron chi connectivity index (χ0n) is 11.9. The van der Waals surface area contributed by atoms with Crippen LogP contribution in [0.3, 0.4) is 0 Å². The molecule has 0 bridgehead atoms. The lowest BCUT2D eigenvalue weighted by Gasteiger charge is -2.26. The molecule has 1 fully saturated rings. The van der Waals surface area contributed by atoms with Gasteiger partial charge in [-0.15, -0.1) is 0 Å². The maximum absolute atomic E-state index is 12.5. The van der Waals surface area contributed by atoms with Gasteiger partial charge in [-0.3, -0.25) is 0 Å². The standard InChI is InChI=1S/C15H20N2O3S/c16-9-10-17(12-14-6-2-1-3-7-14)21(18,19)13-15-8-4-5-11-20-15/h1-3,6-7,15H,4-5,8,10-13H2. The Morgan fingerprint density at radius 1 is 1.29 bits per heavy atom.